The van der Waals surface area contributed by atoms with Gasteiger partial charge in [0.15, 0.2) is 0 Å². The van der Waals surface area contributed by atoms with E-state index in [0.29, 0.717) is 0 Å². The summed E-state index contributed by atoms with van der Waals surface area (Å²) in [6, 6.07) is 0.288. The van der Waals surface area contributed by atoms with E-state index in [4.69, 9.17) is 0 Å². The molecule has 2 aliphatic rings. The van der Waals surface area contributed by atoms with Crippen molar-refractivity contribution in [3.63, 3.8) is 0 Å². The van der Waals surface area contributed by atoms with Crippen molar-refractivity contribution in [3.05, 3.63) is 34.9 Å². The lowest BCUT2D eigenvalue weighted by atomic mass is 10.1. The Balaban J connectivity index is 2.35. The Morgan fingerprint density at radius 1 is 1.33 bits per heavy atom. The van der Waals surface area contributed by atoms with Crippen molar-refractivity contribution in [2.24, 2.45) is 0 Å². The number of nitrogens with zero attached hydrogens (tertiary/aromatic N) is 1. The third-order valence-electron chi connectivity index (χ3n) is 3.01. The Morgan fingerprint density at radius 2 is 2.07 bits per heavy atom. The number of amides is 1. The van der Waals surface area contributed by atoms with Crippen LogP contribution in [0.2, 0.25) is 0 Å². The maximum atomic E-state index is 12.0. The van der Waals surface area contributed by atoms with Gasteiger partial charge in [-0.25, -0.2) is 0 Å². The van der Waals surface area contributed by atoms with Gasteiger partial charge in [0.2, 0.25) is 0 Å². The zero-order valence-corrected chi connectivity index (χ0v) is 9.58. The molecule has 0 aromatic carbocycles. The minimum Gasteiger partial charge on any atom is -0.332 e. The molecule has 0 aromatic heterocycles. The molecule has 1 amide bonds. The average Bonchev–Trinajstić information content (AvgIpc) is 2.37. The van der Waals surface area contributed by atoms with Crippen LogP contribution in [0.25, 0.3) is 0 Å². The van der Waals surface area contributed by atoms with Crippen molar-refractivity contribution in [3.8, 4) is 0 Å². The van der Waals surface area contributed by atoms with E-state index in [9.17, 15) is 4.79 Å². The van der Waals surface area contributed by atoms with Gasteiger partial charge in [-0.3, -0.25) is 4.79 Å². The molecule has 1 aliphatic heterocycles. The van der Waals surface area contributed by atoms with Crippen molar-refractivity contribution in [1.82, 2.24) is 4.90 Å². The van der Waals surface area contributed by atoms with Crippen LogP contribution in [0.5, 0.6) is 0 Å². The van der Waals surface area contributed by atoms with Gasteiger partial charge in [-0.05, 0) is 38.8 Å². The van der Waals surface area contributed by atoms with Crippen LogP contribution in [0.3, 0.4) is 0 Å². The van der Waals surface area contributed by atoms with Gasteiger partial charge in [-0.1, -0.05) is 17.7 Å². The van der Waals surface area contributed by atoms with Crippen LogP contribution in [-0.4, -0.2) is 23.4 Å². The minimum atomic E-state index is 0.183. The lowest BCUT2D eigenvalue weighted by Crippen LogP contribution is -2.32. The molecule has 2 nitrogen and oxygen atoms in total. The summed E-state index contributed by atoms with van der Waals surface area (Å²) in [6.07, 6.45) is 7.18. The number of hydrogen-bond donors (Lipinski definition) is 0. The number of fused-ring (bicyclic) bond motifs is 1. The molecule has 0 spiro atoms. The maximum Gasteiger partial charge on any atom is 0.254 e. The van der Waals surface area contributed by atoms with E-state index in [2.05, 4.69) is 32.9 Å². The molecule has 0 N–H and O–H groups in total. The first-order chi connectivity index (χ1) is 7.09. The maximum absolute atomic E-state index is 12.0. The molecule has 2 heteroatoms. The minimum absolute atomic E-state index is 0.183. The molecule has 1 saturated heterocycles. The number of carbonyl (C=O) groups is 1. The van der Waals surface area contributed by atoms with Crippen LogP contribution >= 0.6 is 0 Å². The number of allylic oxidation sites excluding steroid dienone is 4. The molecule has 15 heavy (non-hydrogen) atoms. The summed E-state index contributed by atoms with van der Waals surface area (Å²) < 4.78 is 0. The van der Waals surface area contributed by atoms with Gasteiger partial charge in [0.05, 0.1) is 0 Å². The van der Waals surface area contributed by atoms with Gasteiger partial charge >= 0.3 is 0 Å². The first kappa shape index (κ1) is 10.2. The second kappa shape index (κ2) is 3.69. The molecule has 0 atom stereocenters. The Kier molecular flexibility index (Phi) is 2.51. The van der Waals surface area contributed by atoms with Crippen molar-refractivity contribution < 1.29 is 4.79 Å². The molecule has 1 heterocycles. The number of rotatable bonds is 1. The van der Waals surface area contributed by atoms with Crippen molar-refractivity contribution in [1.29, 1.82) is 0 Å². The van der Waals surface area contributed by atoms with E-state index in [-0.39, 0.29) is 11.9 Å². The normalized spacial score (nSPS) is 20.9. The predicted molar refractivity (Wildman–Crippen MR) is 61.4 cm³/mol. The lowest BCUT2D eigenvalue weighted by Gasteiger charge is -2.19. The van der Waals surface area contributed by atoms with E-state index in [1.54, 1.807) is 0 Å². The third-order valence-corrected chi connectivity index (χ3v) is 3.01. The van der Waals surface area contributed by atoms with Crippen LogP contribution in [0, 0.1) is 0 Å². The zero-order valence-electron chi connectivity index (χ0n) is 9.58. The topological polar surface area (TPSA) is 20.3 Å². The van der Waals surface area contributed by atoms with Gasteiger partial charge in [0.1, 0.15) is 0 Å². The van der Waals surface area contributed by atoms with E-state index in [1.807, 2.05) is 11.0 Å². The van der Waals surface area contributed by atoms with Gasteiger partial charge in [0.25, 0.3) is 5.91 Å². The zero-order chi connectivity index (χ0) is 11.0. The standard InChI is InChI=1S/C13H17NO/c1-9(2)14-8-11-6-4-10(3)5-7-12(11)13(14)15/h5-7,9H,4,8H2,1-3H3. The first-order valence-electron chi connectivity index (χ1n) is 5.47. The highest BCUT2D eigenvalue weighted by atomic mass is 16.2. The molecule has 0 bridgehead atoms. The summed E-state index contributed by atoms with van der Waals surface area (Å²) in [4.78, 5) is 14.0. The number of carbonyl (C=O) groups excluding carboxylic acids is 1. The highest BCUT2D eigenvalue weighted by Crippen LogP contribution is 2.28. The number of likely N-dealkylation sites (tertiary alicyclic amines) is 1. The van der Waals surface area contributed by atoms with Crippen molar-refractivity contribution in [2.45, 2.75) is 33.2 Å². The van der Waals surface area contributed by atoms with E-state index in [0.717, 1.165) is 18.5 Å². The van der Waals surface area contributed by atoms with Gasteiger partial charge < -0.3 is 4.90 Å². The molecule has 1 aliphatic carbocycles. The van der Waals surface area contributed by atoms with E-state index >= 15 is 0 Å². The lowest BCUT2D eigenvalue weighted by molar-refractivity contribution is -0.126. The highest BCUT2D eigenvalue weighted by molar-refractivity contribution is 6.01. The molecule has 2 rings (SSSR count). The summed E-state index contributed by atoms with van der Waals surface area (Å²) in [5.74, 6) is 0.183. The van der Waals surface area contributed by atoms with E-state index < -0.39 is 0 Å². The quantitative estimate of drug-likeness (QED) is 0.641. The fraction of sp³-hybridized carbons (Fsp3) is 0.462. The molecule has 0 radical (unpaired) electrons. The summed E-state index contributed by atoms with van der Waals surface area (Å²) >= 11 is 0. The van der Waals surface area contributed by atoms with Gasteiger partial charge in [-0.2, -0.15) is 0 Å². The smallest absolute Gasteiger partial charge is 0.254 e. The largest absolute Gasteiger partial charge is 0.332 e. The molecule has 1 fully saturated rings. The number of hydrogen-bond acceptors (Lipinski definition) is 1. The van der Waals surface area contributed by atoms with Gasteiger partial charge in [-0.15, -0.1) is 0 Å². The third kappa shape index (κ3) is 1.76. The monoisotopic (exact) mass is 203 g/mol. The van der Waals surface area contributed by atoms with Crippen LogP contribution in [0.15, 0.2) is 34.9 Å². The first-order valence-corrected chi connectivity index (χ1v) is 5.47. The Labute approximate surface area is 91.0 Å². The Hall–Kier alpha value is -1.31. The molecule has 0 unspecified atom stereocenters. The predicted octanol–water partition coefficient (Wildman–Crippen LogP) is 2.44. The molecule has 80 valence electrons. The highest BCUT2D eigenvalue weighted by Gasteiger charge is 2.31. The van der Waals surface area contributed by atoms with Crippen LogP contribution < -0.4 is 0 Å². The molecule has 0 aromatic rings. The van der Waals surface area contributed by atoms with E-state index in [1.165, 1.54) is 11.1 Å². The SMILES string of the molecule is CC1=CC=C2C(=O)N(C(C)C)CC2=CC1. The average molecular weight is 203 g/mol. The fourth-order valence-corrected chi connectivity index (χ4v) is 1.98. The Bertz CT molecular complexity index is 385. The molecular formula is C13H17NO. The Morgan fingerprint density at radius 3 is 2.73 bits per heavy atom. The second-order valence-corrected chi connectivity index (χ2v) is 4.55. The van der Waals surface area contributed by atoms with Crippen LogP contribution in [-0.2, 0) is 4.79 Å². The van der Waals surface area contributed by atoms with Gasteiger partial charge in [0, 0.05) is 18.2 Å². The van der Waals surface area contributed by atoms with Crippen LogP contribution in [0.1, 0.15) is 27.2 Å². The second-order valence-electron chi connectivity index (χ2n) is 4.55. The van der Waals surface area contributed by atoms with Crippen LogP contribution in [0.4, 0.5) is 0 Å². The molecule has 0 saturated carbocycles. The van der Waals surface area contributed by atoms with Crippen molar-refractivity contribution in [2.75, 3.05) is 6.54 Å². The fourth-order valence-electron chi connectivity index (χ4n) is 1.98. The summed E-state index contributed by atoms with van der Waals surface area (Å²) in [5, 5.41) is 0. The van der Waals surface area contributed by atoms with Crippen molar-refractivity contribution >= 4 is 5.91 Å². The molecular weight excluding hydrogens is 186 g/mol. The summed E-state index contributed by atoms with van der Waals surface area (Å²) in [7, 11) is 0. The summed E-state index contributed by atoms with van der Waals surface area (Å²) in [5.41, 5.74) is 3.40. The summed E-state index contributed by atoms with van der Waals surface area (Å²) in [6.45, 7) is 7.00.